The van der Waals surface area contributed by atoms with Crippen molar-refractivity contribution in [3.05, 3.63) is 23.8 Å². The summed E-state index contributed by atoms with van der Waals surface area (Å²) in [6.45, 7) is 6.07. The number of hydrogen-bond donors (Lipinski definition) is 1. The molecule has 0 aliphatic rings. The number of hydrogen-bond acceptors (Lipinski definition) is 2. The van der Waals surface area contributed by atoms with Crippen LogP contribution in [0.15, 0.2) is 18.2 Å². The molecule has 0 aliphatic heterocycles. The summed E-state index contributed by atoms with van der Waals surface area (Å²) in [5.41, 5.74) is 5.06. The Balaban J connectivity index is 3.32. The van der Waals surface area contributed by atoms with Gasteiger partial charge < -0.3 is 10.6 Å². The van der Waals surface area contributed by atoms with Crippen molar-refractivity contribution in [2.75, 3.05) is 17.2 Å². The molecular weight excluding hydrogens is 229 g/mol. The molecule has 0 unspecified atom stereocenters. The summed E-state index contributed by atoms with van der Waals surface area (Å²) < 4.78 is 38.7. The van der Waals surface area contributed by atoms with Crippen LogP contribution in [0.1, 0.15) is 26.3 Å². The number of alkyl halides is 3. The molecule has 2 nitrogen and oxygen atoms in total. The Kier molecular flexibility index (Phi) is 3.91. The topological polar surface area (TPSA) is 29.3 Å². The second-order valence-corrected chi connectivity index (χ2v) is 4.15. The van der Waals surface area contributed by atoms with E-state index >= 15 is 0 Å². The van der Waals surface area contributed by atoms with Crippen LogP contribution in [0.3, 0.4) is 0 Å². The van der Waals surface area contributed by atoms with Gasteiger partial charge in [0.1, 0.15) is 0 Å². The normalized spacial score (nSPS) is 11.9. The third-order valence-corrected chi connectivity index (χ3v) is 2.60. The molecule has 1 aromatic rings. The predicted octanol–water partition coefficient (Wildman–Crippen LogP) is 3.52. The van der Waals surface area contributed by atoms with Crippen molar-refractivity contribution in [3.63, 3.8) is 0 Å². The number of halogens is 3. The number of rotatable bonds is 3. The summed E-state index contributed by atoms with van der Waals surface area (Å²) in [5, 5.41) is 0. The standard InChI is InChI=1S/C12H17F3N2/c1-4-17(8(2)3)11-6-5-9(16)7-10(11)12(13,14)15/h5-8H,4,16H2,1-3H3. The maximum Gasteiger partial charge on any atom is 0.418 e. The summed E-state index contributed by atoms with van der Waals surface area (Å²) in [5.74, 6) is 0. The zero-order valence-electron chi connectivity index (χ0n) is 10.2. The first-order valence-corrected chi connectivity index (χ1v) is 5.50. The average molecular weight is 246 g/mol. The Morgan fingerprint density at radius 2 is 1.88 bits per heavy atom. The van der Waals surface area contributed by atoms with Gasteiger partial charge in [-0.05, 0) is 39.0 Å². The lowest BCUT2D eigenvalue weighted by molar-refractivity contribution is -0.137. The van der Waals surface area contributed by atoms with Gasteiger partial charge >= 0.3 is 6.18 Å². The van der Waals surface area contributed by atoms with E-state index in [9.17, 15) is 13.2 Å². The minimum atomic E-state index is -4.38. The summed E-state index contributed by atoms with van der Waals surface area (Å²) in [4.78, 5) is 1.70. The van der Waals surface area contributed by atoms with E-state index < -0.39 is 11.7 Å². The van der Waals surface area contributed by atoms with Crippen LogP contribution >= 0.6 is 0 Å². The molecule has 0 radical (unpaired) electrons. The molecule has 1 aromatic carbocycles. The van der Waals surface area contributed by atoms with Gasteiger partial charge in [0.05, 0.1) is 5.56 Å². The molecule has 96 valence electrons. The fraction of sp³-hybridized carbons (Fsp3) is 0.500. The van der Waals surface area contributed by atoms with Crippen molar-refractivity contribution >= 4 is 11.4 Å². The van der Waals surface area contributed by atoms with Crippen molar-refractivity contribution in [1.29, 1.82) is 0 Å². The Morgan fingerprint density at radius 1 is 1.29 bits per heavy atom. The van der Waals surface area contributed by atoms with Crippen molar-refractivity contribution in [3.8, 4) is 0 Å². The highest BCUT2D eigenvalue weighted by molar-refractivity contribution is 5.61. The molecule has 0 spiro atoms. The first-order valence-electron chi connectivity index (χ1n) is 5.50. The zero-order valence-corrected chi connectivity index (χ0v) is 10.2. The number of nitrogens with two attached hydrogens (primary N) is 1. The summed E-state index contributed by atoms with van der Waals surface area (Å²) in [7, 11) is 0. The van der Waals surface area contributed by atoms with Crippen LogP contribution in [-0.4, -0.2) is 12.6 Å². The summed E-state index contributed by atoms with van der Waals surface area (Å²) >= 11 is 0. The third kappa shape index (κ3) is 3.05. The van der Waals surface area contributed by atoms with Gasteiger partial charge in [0.2, 0.25) is 0 Å². The van der Waals surface area contributed by atoms with E-state index in [2.05, 4.69) is 0 Å². The SMILES string of the molecule is CCN(c1ccc(N)cc1C(F)(F)F)C(C)C. The monoisotopic (exact) mass is 246 g/mol. The molecule has 1 rings (SSSR count). The summed E-state index contributed by atoms with van der Waals surface area (Å²) in [6, 6.07) is 3.92. The van der Waals surface area contributed by atoms with E-state index in [1.165, 1.54) is 12.1 Å². The molecule has 0 amide bonds. The maximum absolute atomic E-state index is 12.9. The van der Waals surface area contributed by atoms with Gasteiger partial charge in [-0.25, -0.2) is 0 Å². The third-order valence-electron chi connectivity index (χ3n) is 2.60. The lowest BCUT2D eigenvalue weighted by atomic mass is 10.1. The summed E-state index contributed by atoms with van der Waals surface area (Å²) in [6.07, 6.45) is -4.38. The molecule has 0 fully saturated rings. The number of benzene rings is 1. The Labute approximate surface area is 99.2 Å². The van der Waals surface area contributed by atoms with Gasteiger partial charge in [-0.15, -0.1) is 0 Å². The highest BCUT2D eigenvalue weighted by Crippen LogP contribution is 2.38. The molecule has 0 aliphatic carbocycles. The minimum absolute atomic E-state index is 0.00437. The molecule has 0 aromatic heterocycles. The number of nitrogens with zero attached hydrogens (tertiary/aromatic N) is 1. The van der Waals surface area contributed by atoms with Crippen LogP contribution in [0, 0.1) is 0 Å². The highest BCUT2D eigenvalue weighted by atomic mass is 19.4. The number of anilines is 2. The van der Waals surface area contributed by atoms with Crippen LogP contribution < -0.4 is 10.6 Å². The van der Waals surface area contributed by atoms with Crippen LogP contribution in [-0.2, 0) is 6.18 Å². The van der Waals surface area contributed by atoms with Crippen molar-refractivity contribution in [2.45, 2.75) is 33.0 Å². The van der Waals surface area contributed by atoms with E-state index in [0.717, 1.165) is 6.07 Å². The first-order chi connectivity index (χ1) is 7.77. The molecule has 0 heterocycles. The number of nitrogen functional groups attached to an aromatic ring is 1. The van der Waals surface area contributed by atoms with Gasteiger partial charge in [0.25, 0.3) is 0 Å². The average Bonchev–Trinajstić information content (AvgIpc) is 2.19. The first kappa shape index (κ1) is 13.7. The fourth-order valence-corrected chi connectivity index (χ4v) is 1.84. The van der Waals surface area contributed by atoms with Gasteiger partial charge in [-0.1, -0.05) is 0 Å². The largest absolute Gasteiger partial charge is 0.418 e. The molecule has 0 atom stereocenters. The van der Waals surface area contributed by atoms with E-state index in [0.29, 0.717) is 6.54 Å². The van der Waals surface area contributed by atoms with Crippen LogP contribution in [0.4, 0.5) is 24.5 Å². The Bertz CT molecular complexity index is 386. The maximum atomic E-state index is 12.9. The van der Waals surface area contributed by atoms with E-state index in [4.69, 9.17) is 5.73 Å². The van der Waals surface area contributed by atoms with Gasteiger partial charge in [0.15, 0.2) is 0 Å². The molecule has 0 saturated heterocycles. The molecule has 5 heteroatoms. The smallest absolute Gasteiger partial charge is 0.399 e. The quantitative estimate of drug-likeness (QED) is 0.827. The van der Waals surface area contributed by atoms with E-state index in [1.807, 2.05) is 20.8 Å². The minimum Gasteiger partial charge on any atom is -0.399 e. The van der Waals surface area contributed by atoms with Crippen LogP contribution in [0.25, 0.3) is 0 Å². The zero-order chi connectivity index (χ0) is 13.2. The molecule has 0 bridgehead atoms. The van der Waals surface area contributed by atoms with Crippen LogP contribution in [0.2, 0.25) is 0 Å². The Morgan fingerprint density at radius 3 is 2.29 bits per heavy atom. The second-order valence-electron chi connectivity index (χ2n) is 4.15. The van der Waals surface area contributed by atoms with Crippen LogP contribution in [0.5, 0.6) is 0 Å². The molecule has 17 heavy (non-hydrogen) atoms. The fourth-order valence-electron chi connectivity index (χ4n) is 1.84. The van der Waals surface area contributed by atoms with Gasteiger partial charge in [0, 0.05) is 24.0 Å². The molecule has 0 saturated carbocycles. The predicted molar refractivity (Wildman–Crippen MR) is 64.0 cm³/mol. The second kappa shape index (κ2) is 4.85. The van der Waals surface area contributed by atoms with Crippen molar-refractivity contribution in [2.24, 2.45) is 0 Å². The lowest BCUT2D eigenvalue weighted by Gasteiger charge is -2.30. The van der Waals surface area contributed by atoms with Crippen molar-refractivity contribution in [1.82, 2.24) is 0 Å². The highest BCUT2D eigenvalue weighted by Gasteiger charge is 2.35. The van der Waals surface area contributed by atoms with Gasteiger partial charge in [-0.3, -0.25) is 0 Å². The van der Waals surface area contributed by atoms with Crippen molar-refractivity contribution < 1.29 is 13.2 Å². The Hall–Kier alpha value is -1.39. The van der Waals surface area contributed by atoms with E-state index in [1.54, 1.807) is 4.90 Å². The molecule has 2 N–H and O–H groups in total. The van der Waals surface area contributed by atoms with E-state index in [-0.39, 0.29) is 17.4 Å². The molecular formula is C12H17F3N2. The van der Waals surface area contributed by atoms with Gasteiger partial charge in [-0.2, -0.15) is 13.2 Å². The lowest BCUT2D eigenvalue weighted by Crippen LogP contribution is -2.32.